The fraction of sp³-hybridized carbons (Fsp3) is 0.130. The lowest BCUT2D eigenvalue weighted by atomic mass is 10.2. The van der Waals surface area contributed by atoms with E-state index in [9.17, 15) is 14.0 Å². The number of halogens is 1. The summed E-state index contributed by atoms with van der Waals surface area (Å²) in [5.74, 6) is -1.20. The smallest absolute Gasteiger partial charge is 0.258 e. The molecule has 0 heterocycles. The van der Waals surface area contributed by atoms with Gasteiger partial charge in [-0.15, -0.1) is 11.8 Å². The van der Waals surface area contributed by atoms with Crippen LogP contribution in [0.2, 0.25) is 0 Å². The van der Waals surface area contributed by atoms with Gasteiger partial charge in [0.15, 0.2) is 0 Å². The zero-order chi connectivity index (χ0) is 20.8. The average Bonchev–Trinajstić information content (AvgIpc) is 2.70. The lowest BCUT2D eigenvalue weighted by Crippen LogP contribution is -2.22. The van der Waals surface area contributed by atoms with E-state index in [1.165, 1.54) is 30.0 Å². The van der Waals surface area contributed by atoms with Crippen molar-refractivity contribution in [3.8, 4) is 0 Å². The van der Waals surface area contributed by atoms with Crippen LogP contribution in [0.4, 0.5) is 15.8 Å². The summed E-state index contributed by atoms with van der Waals surface area (Å²) in [5.41, 5.74) is 2.39. The number of aryl methyl sites for hydroxylation is 1. The number of hydrogen-bond donors (Lipinski definition) is 2. The molecule has 0 aliphatic heterocycles. The molecule has 6 heteroatoms. The van der Waals surface area contributed by atoms with Gasteiger partial charge in [-0.05, 0) is 56.3 Å². The highest BCUT2D eigenvalue weighted by molar-refractivity contribution is 8.00. The molecule has 2 amide bonds. The second-order valence-corrected chi connectivity index (χ2v) is 7.99. The largest absolute Gasteiger partial charge is 0.325 e. The Morgan fingerprint density at radius 3 is 2.34 bits per heavy atom. The number of benzene rings is 3. The fourth-order valence-corrected chi connectivity index (χ4v) is 3.56. The van der Waals surface area contributed by atoms with Gasteiger partial charge in [0.2, 0.25) is 5.91 Å². The Kier molecular flexibility index (Phi) is 6.67. The van der Waals surface area contributed by atoms with E-state index < -0.39 is 11.7 Å². The second-order valence-electron chi connectivity index (χ2n) is 6.58. The summed E-state index contributed by atoms with van der Waals surface area (Å²) in [4.78, 5) is 25.5. The van der Waals surface area contributed by atoms with E-state index in [1.54, 1.807) is 24.3 Å². The molecule has 1 unspecified atom stereocenters. The monoisotopic (exact) mass is 408 g/mol. The van der Waals surface area contributed by atoms with Crippen LogP contribution in [0.3, 0.4) is 0 Å². The number of hydrogen-bond acceptors (Lipinski definition) is 3. The highest BCUT2D eigenvalue weighted by atomic mass is 32.2. The number of carbonyl (C=O) groups is 2. The molecular weight excluding hydrogens is 387 g/mol. The molecule has 148 valence electrons. The van der Waals surface area contributed by atoms with Crippen molar-refractivity contribution in [1.29, 1.82) is 0 Å². The highest BCUT2D eigenvalue weighted by Gasteiger charge is 2.16. The van der Waals surface area contributed by atoms with Crippen molar-refractivity contribution in [2.45, 2.75) is 24.0 Å². The van der Waals surface area contributed by atoms with Gasteiger partial charge in [0, 0.05) is 16.3 Å². The zero-order valence-corrected chi connectivity index (χ0v) is 16.9. The molecule has 0 saturated carbocycles. The third-order valence-electron chi connectivity index (χ3n) is 4.21. The maximum Gasteiger partial charge on any atom is 0.258 e. The van der Waals surface area contributed by atoms with Crippen molar-refractivity contribution in [2.24, 2.45) is 0 Å². The Labute approximate surface area is 173 Å². The molecule has 0 radical (unpaired) electrons. The molecule has 3 aromatic rings. The molecule has 4 nitrogen and oxygen atoms in total. The first kappa shape index (κ1) is 20.6. The quantitative estimate of drug-likeness (QED) is 0.529. The molecule has 0 fully saturated rings. The van der Waals surface area contributed by atoms with Gasteiger partial charge in [-0.1, -0.05) is 35.9 Å². The van der Waals surface area contributed by atoms with E-state index in [-0.39, 0.29) is 16.7 Å². The van der Waals surface area contributed by atoms with Crippen molar-refractivity contribution >= 4 is 35.0 Å². The molecule has 0 aliphatic carbocycles. The van der Waals surface area contributed by atoms with Gasteiger partial charge in [0.25, 0.3) is 5.91 Å². The van der Waals surface area contributed by atoms with Gasteiger partial charge in [-0.2, -0.15) is 0 Å². The van der Waals surface area contributed by atoms with Crippen molar-refractivity contribution in [1.82, 2.24) is 0 Å². The number of amides is 2. The molecule has 29 heavy (non-hydrogen) atoms. The van der Waals surface area contributed by atoms with Crippen molar-refractivity contribution in [3.63, 3.8) is 0 Å². The SMILES string of the molecule is Cc1ccc(NC(=O)C(C)Sc2cccc(NC(=O)c3ccccc3F)c2)cc1. The van der Waals surface area contributed by atoms with Crippen LogP contribution in [0, 0.1) is 12.7 Å². The third-order valence-corrected chi connectivity index (χ3v) is 5.31. The summed E-state index contributed by atoms with van der Waals surface area (Å²) in [7, 11) is 0. The third kappa shape index (κ3) is 5.68. The minimum Gasteiger partial charge on any atom is -0.325 e. The van der Waals surface area contributed by atoms with Gasteiger partial charge in [0.1, 0.15) is 5.82 Å². The van der Waals surface area contributed by atoms with Crippen molar-refractivity contribution in [3.05, 3.63) is 89.7 Å². The van der Waals surface area contributed by atoms with E-state index in [1.807, 2.05) is 44.2 Å². The van der Waals surface area contributed by atoms with Crippen LogP contribution in [0.5, 0.6) is 0 Å². The minimum absolute atomic E-state index is 0.0172. The van der Waals surface area contributed by atoms with Crippen LogP contribution in [-0.4, -0.2) is 17.1 Å². The van der Waals surface area contributed by atoms with Gasteiger partial charge in [0.05, 0.1) is 10.8 Å². The number of thioether (sulfide) groups is 1. The molecule has 2 N–H and O–H groups in total. The summed E-state index contributed by atoms with van der Waals surface area (Å²) >= 11 is 1.38. The first-order valence-corrected chi connectivity index (χ1v) is 10.0. The Morgan fingerprint density at radius 2 is 1.62 bits per heavy atom. The number of rotatable bonds is 6. The van der Waals surface area contributed by atoms with Gasteiger partial charge in [-0.25, -0.2) is 4.39 Å². The Morgan fingerprint density at radius 1 is 0.897 bits per heavy atom. The zero-order valence-electron chi connectivity index (χ0n) is 16.1. The Balaban J connectivity index is 1.63. The second kappa shape index (κ2) is 9.39. The molecule has 0 bridgehead atoms. The highest BCUT2D eigenvalue weighted by Crippen LogP contribution is 2.27. The first-order valence-electron chi connectivity index (χ1n) is 9.12. The van der Waals surface area contributed by atoms with Crippen LogP contribution >= 0.6 is 11.8 Å². The number of anilines is 2. The fourth-order valence-electron chi connectivity index (χ4n) is 2.63. The van der Waals surface area contributed by atoms with E-state index in [0.29, 0.717) is 5.69 Å². The Bertz CT molecular complexity index is 1020. The molecule has 0 saturated heterocycles. The molecule has 0 spiro atoms. The topological polar surface area (TPSA) is 58.2 Å². The van der Waals surface area contributed by atoms with Crippen LogP contribution < -0.4 is 10.6 Å². The maximum atomic E-state index is 13.8. The summed E-state index contributed by atoms with van der Waals surface area (Å²) < 4.78 is 13.8. The first-order chi connectivity index (χ1) is 13.9. The van der Waals surface area contributed by atoms with E-state index in [2.05, 4.69) is 10.6 Å². The summed E-state index contributed by atoms with van der Waals surface area (Å²) in [6.45, 7) is 3.81. The van der Waals surface area contributed by atoms with Crippen LogP contribution in [-0.2, 0) is 4.79 Å². The molecule has 1 atom stereocenters. The van der Waals surface area contributed by atoms with Crippen LogP contribution in [0.25, 0.3) is 0 Å². The van der Waals surface area contributed by atoms with Gasteiger partial charge < -0.3 is 10.6 Å². The molecule has 3 aromatic carbocycles. The molecule has 0 aromatic heterocycles. The number of nitrogens with one attached hydrogen (secondary N) is 2. The molecular formula is C23H21FN2O2S. The Hall–Kier alpha value is -3.12. The normalized spacial score (nSPS) is 11.6. The van der Waals surface area contributed by atoms with Crippen molar-refractivity contribution in [2.75, 3.05) is 10.6 Å². The minimum atomic E-state index is -0.572. The van der Waals surface area contributed by atoms with E-state index in [4.69, 9.17) is 0 Å². The van der Waals surface area contributed by atoms with Crippen LogP contribution in [0.1, 0.15) is 22.8 Å². The average molecular weight is 408 g/mol. The lowest BCUT2D eigenvalue weighted by molar-refractivity contribution is -0.115. The van der Waals surface area contributed by atoms with E-state index in [0.717, 1.165) is 16.1 Å². The summed E-state index contributed by atoms with van der Waals surface area (Å²) in [6.07, 6.45) is 0. The maximum absolute atomic E-state index is 13.8. The standard InChI is InChI=1S/C23H21FN2O2S/c1-15-10-12-17(13-11-15)25-22(27)16(2)29-19-7-5-6-18(14-19)26-23(28)20-8-3-4-9-21(20)24/h3-14,16H,1-2H3,(H,25,27)(H,26,28). The van der Waals surface area contributed by atoms with Crippen LogP contribution in [0.15, 0.2) is 77.7 Å². The van der Waals surface area contributed by atoms with E-state index >= 15 is 0 Å². The summed E-state index contributed by atoms with van der Waals surface area (Å²) in [6, 6.07) is 20.6. The van der Waals surface area contributed by atoms with Gasteiger partial charge >= 0.3 is 0 Å². The predicted octanol–water partition coefficient (Wildman–Crippen LogP) is 5.51. The van der Waals surface area contributed by atoms with Crippen molar-refractivity contribution < 1.29 is 14.0 Å². The predicted molar refractivity (Wildman–Crippen MR) is 116 cm³/mol. The summed E-state index contributed by atoms with van der Waals surface area (Å²) in [5, 5.41) is 5.25. The van der Waals surface area contributed by atoms with Gasteiger partial charge in [-0.3, -0.25) is 9.59 Å². The molecule has 0 aliphatic rings. The molecule has 3 rings (SSSR count). The lowest BCUT2D eigenvalue weighted by Gasteiger charge is -2.13. The number of carbonyl (C=O) groups excluding carboxylic acids is 2.